The van der Waals surface area contributed by atoms with Crippen molar-refractivity contribution in [3.05, 3.63) is 60.7 Å². The monoisotopic (exact) mass is 405 g/mol. The van der Waals surface area contributed by atoms with Gasteiger partial charge in [-0.2, -0.15) is 0 Å². The highest BCUT2D eigenvalue weighted by Crippen LogP contribution is 2.32. The van der Waals surface area contributed by atoms with Crippen molar-refractivity contribution in [1.29, 1.82) is 0 Å². The van der Waals surface area contributed by atoms with E-state index in [-0.39, 0.29) is 12.6 Å². The number of aliphatic hydroxyl groups is 2. The summed E-state index contributed by atoms with van der Waals surface area (Å²) in [5, 5.41) is 25.2. The third kappa shape index (κ3) is 3.28. The van der Waals surface area contributed by atoms with Crippen molar-refractivity contribution in [3.63, 3.8) is 0 Å². The number of hydrogen-bond donors (Lipinski definition) is 3. The first-order valence-corrected chi connectivity index (χ1v) is 10.0. The van der Waals surface area contributed by atoms with Gasteiger partial charge in [-0.3, -0.25) is 4.57 Å². The summed E-state index contributed by atoms with van der Waals surface area (Å²) >= 11 is 0. The lowest BCUT2D eigenvalue weighted by molar-refractivity contribution is -0.0432. The van der Waals surface area contributed by atoms with Crippen LogP contribution in [0.2, 0.25) is 0 Å². The molecule has 8 heteroatoms. The van der Waals surface area contributed by atoms with Crippen LogP contribution in [0.4, 0.5) is 5.82 Å². The zero-order valence-electron chi connectivity index (χ0n) is 16.5. The average molecular weight is 405 g/mol. The van der Waals surface area contributed by atoms with Crippen LogP contribution < -0.4 is 5.32 Å². The van der Waals surface area contributed by atoms with E-state index in [1.807, 2.05) is 12.1 Å². The molecule has 1 fully saturated rings. The molecule has 8 nitrogen and oxygen atoms in total. The minimum Gasteiger partial charge on any atom is -0.394 e. The second-order valence-corrected chi connectivity index (χ2v) is 7.63. The summed E-state index contributed by atoms with van der Waals surface area (Å²) in [7, 11) is 0. The van der Waals surface area contributed by atoms with Gasteiger partial charge in [0.2, 0.25) is 0 Å². The lowest BCUT2D eigenvalue weighted by atomic mass is 10.0. The molecular weight excluding hydrogens is 382 g/mol. The molecular formula is C22H23N5O3. The zero-order valence-corrected chi connectivity index (χ0v) is 16.5. The largest absolute Gasteiger partial charge is 0.394 e. The maximum atomic E-state index is 10.0. The summed E-state index contributed by atoms with van der Waals surface area (Å²) in [6.45, 7) is 1.85. The standard InChI is InChI=1S/C22H23N5O3/c1-13(15-7-6-14-4-2-3-5-16(14)8-15)26-21-20-22(24-11-23-21)27(12-25-20)19-9-17(29)18(10-28)30-19/h2-8,11-13,17-19,28-29H,9-10H2,1H3,(H,23,24,26)/t13?,17?,18-,19-/m1/s1. The fraction of sp³-hybridized carbons (Fsp3) is 0.318. The molecule has 0 aliphatic carbocycles. The van der Waals surface area contributed by atoms with Crippen molar-refractivity contribution in [2.75, 3.05) is 11.9 Å². The molecule has 2 aromatic carbocycles. The number of imidazole rings is 1. The van der Waals surface area contributed by atoms with Crippen molar-refractivity contribution in [3.8, 4) is 0 Å². The third-order valence-corrected chi connectivity index (χ3v) is 5.68. The van der Waals surface area contributed by atoms with Gasteiger partial charge in [0.15, 0.2) is 17.0 Å². The van der Waals surface area contributed by atoms with E-state index in [2.05, 4.69) is 57.5 Å². The van der Waals surface area contributed by atoms with Crippen LogP contribution in [-0.4, -0.2) is 48.5 Å². The van der Waals surface area contributed by atoms with Crippen molar-refractivity contribution >= 4 is 27.8 Å². The molecule has 4 atom stereocenters. The minimum atomic E-state index is -0.718. The first-order valence-electron chi connectivity index (χ1n) is 10.0. The first kappa shape index (κ1) is 18.9. The number of ether oxygens (including phenoxy) is 1. The molecule has 4 aromatic rings. The number of hydrogen-bond acceptors (Lipinski definition) is 7. The maximum absolute atomic E-state index is 10.0. The molecule has 0 saturated carbocycles. The normalized spacial score (nSPS) is 22.6. The highest BCUT2D eigenvalue weighted by molar-refractivity contribution is 5.84. The zero-order chi connectivity index (χ0) is 20.7. The summed E-state index contributed by atoms with van der Waals surface area (Å²) in [6.07, 6.45) is 1.76. The Morgan fingerprint density at radius 3 is 2.80 bits per heavy atom. The Morgan fingerprint density at radius 1 is 1.17 bits per heavy atom. The smallest absolute Gasteiger partial charge is 0.167 e. The number of nitrogens with zero attached hydrogens (tertiary/aromatic N) is 4. The van der Waals surface area contributed by atoms with Crippen LogP contribution in [0.15, 0.2) is 55.1 Å². The van der Waals surface area contributed by atoms with Crippen LogP contribution in [0.5, 0.6) is 0 Å². The van der Waals surface area contributed by atoms with E-state index in [4.69, 9.17) is 4.74 Å². The molecule has 0 spiro atoms. The number of aliphatic hydroxyl groups excluding tert-OH is 2. The van der Waals surface area contributed by atoms with E-state index >= 15 is 0 Å². The van der Waals surface area contributed by atoms with Gasteiger partial charge < -0.3 is 20.3 Å². The Hall–Kier alpha value is -3.07. The predicted molar refractivity (Wildman–Crippen MR) is 113 cm³/mol. The van der Waals surface area contributed by atoms with Gasteiger partial charge in [-0.05, 0) is 29.3 Å². The molecule has 0 radical (unpaired) electrons. The van der Waals surface area contributed by atoms with Gasteiger partial charge in [0.25, 0.3) is 0 Å². The van der Waals surface area contributed by atoms with E-state index in [1.54, 1.807) is 10.9 Å². The second-order valence-electron chi connectivity index (χ2n) is 7.63. The van der Waals surface area contributed by atoms with Crippen LogP contribution in [0.25, 0.3) is 21.9 Å². The number of rotatable bonds is 5. The fourth-order valence-corrected chi connectivity index (χ4v) is 3.98. The molecule has 1 aliphatic heterocycles. The highest BCUT2D eigenvalue weighted by atomic mass is 16.5. The van der Waals surface area contributed by atoms with E-state index in [9.17, 15) is 10.2 Å². The van der Waals surface area contributed by atoms with Crippen molar-refractivity contribution in [2.45, 2.75) is 37.8 Å². The maximum Gasteiger partial charge on any atom is 0.167 e. The molecule has 2 unspecified atom stereocenters. The Labute approximate surface area is 173 Å². The Kier molecular flexibility index (Phi) is 4.82. The number of aromatic nitrogens is 4. The second kappa shape index (κ2) is 7.64. The average Bonchev–Trinajstić information content (AvgIpc) is 3.37. The molecule has 2 aromatic heterocycles. The van der Waals surface area contributed by atoms with Crippen LogP contribution in [0, 0.1) is 0 Å². The molecule has 0 bridgehead atoms. The van der Waals surface area contributed by atoms with Crippen LogP contribution in [0.1, 0.15) is 31.2 Å². The summed E-state index contributed by atoms with van der Waals surface area (Å²) in [6, 6.07) is 14.7. The van der Waals surface area contributed by atoms with Crippen LogP contribution in [0.3, 0.4) is 0 Å². The van der Waals surface area contributed by atoms with Crippen LogP contribution >= 0.6 is 0 Å². The van der Waals surface area contributed by atoms with E-state index in [0.29, 0.717) is 23.4 Å². The Balaban J connectivity index is 1.42. The van der Waals surface area contributed by atoms with Gasteiger partial charge >= 0.3 is 0 Å². The molecule has 3 N–H and O–H groups in total. The Bertz CT molecular complexity index is 1190. The SMILES string of the molecule is CC(Nc1ncnc2c1ncn2[C@H]1CC(O)[C@@H](CO)O1)c1ccc2ccccc2c1. The number of nitrogens with one attached hydrogen (secondary N) is 1. The van der Waals surface area contributed by atoms with Gasteiger partial charge in [-0.15, -0.1) is 0 Å². The van der Waals surface area contributed by atoms with Gasteiger partial charge in [0, 0.05) is 6.42 Å². The lowest BCUT2D eigenvalue weighted by Gasteiger charge is -2.16. The predicted octanol–water partition coefficient (Wildman–Crippen LogP) is 2.79. The minimum absolute atomic E-state index is 0.0150. The molecule has 3 heterocycles. The first-order chi connectivity index (χ1) is 14.6. The number of fused-ring (bicyclic) bond motifs is 2. The van der Waals surface area contributed by atoms with Crippen molar-refractivity contribution < 1.29 is 14.9 Å². The Morgan fingerprint density at radius 2 is 2.00 bits per heavy atom. The summed E-state index contributed by atoms with van der Waals surface area (Å²) in [4.78, 5) is 13.2. The van der Waals surface area contributed by atoms with E-state index in [0.717, 1.165) is 5.56 Å². The summed E-state index contributed by atoms with van der Waals surface area (Å²) in [5.41, 5.74) is 2.40. The number of benzene rings is 2. The van der Waals surface area contributed by atoms with Gasteiger partial charge in [0.05, 0.1) is 25.1 Å². The molecule has 5 rings (SSSR count). The molecule has 0 amide bonds. The van der Waals surface area contributed by atoms with Crippen molar-refractivity contribution in [2.24, 2.45) is 0 Å². The topological polar surface area (TPSA) is 105 Å². The summed E-state index contributed by atoms with van der Waals surface area (Å²) in [5.74, 6) is 0.636. The fourth-order valence-electron chi connectivity index (χ4n) is 3.98. The molecule has 154 valence electrons. The summed E-state index contributed by atoms with van der Waals surface area (Å²) < 4.78 is 7.53. The molecule has 30 heavy (non-hydrogen) atoms. The number of anilines is 1. The van der Waals surface area contributed by atoms with E-state index in [1.165, 1.54) is 17.1 Å². The van der Waals surface area contributed by atoms with Crippen molar-refractivity contribution in [1.82, 2.24) is 19.5 Å². The van der Waals surface area contributed by atoms with E-state index < -0.39 is 18.4 Å². The van der Waals surface area contributed by atoms with Gasteiger partial charge in [0.1, 0.15) is 18.7 Å². The highest BCUT2D eigenvalue weighted by Gasteiger charge is 2.35. The lowest BCUT2D eigenvalue weighted by Crippen LogP contribution is -2.24. The molecule has 1 saturated heterocycles. The third-order valence-electron chi connectivity index (χ3n) is 5.68. The van der Waals surface area contributed by atoms with Crippen LogP contribution in [-0.2, 0) is 4.74 Å². The van der Waals surface area contributed by atoms with Gasteiger partial charge in [-0.1, -0.05) is 36.4 Å². The quantitative estimate of drug-likeness (QED) is 0.469. The molecule has 1 aliphatic rings. The van der Waals surface area contributed by atoms with Gasteiger partial charge in [-0.25, -0.2) is 15.0 Å².